The van der Waals surface area contributed by atoms with E-state index in [4.69, 9.17) is 5.73 Å². The van der Waals surface area contributed by atoms with Crippen molar-refractivity contribution in [2.24, 2.45) is 5.73 Å². The molecule has 2 N–H and O–H groups in total. The molecule has 7 nitrogen and oxygen atoms in total. The van der Waals surface area contributed by atoms with Gasteiger partial charge in [0.05, 0.1) is 11.4 Å². The maximum Gasteiger partial charge on any atom is 0.343 e. The zero-order valence-electron chi connectivity index (χ0n) is 11.0. The van der Waals surface area contributed by atoms with Crippen LogP contribution in [0.4, 0.5) is 0 Å². The molecule has 0 aliphatic rings. The van der Waals surface area contributed by atoms with Crippen molar-refractivity contribution < 1.29 is 9.35 Å². The van der Waals surface area contributed by atoms with Gasteiger partial charge in [0.15, 0.2) is 5.69 Å². The summed E-state index contributed by atoms with van der Waals surface area (Å²) in [6, 6.07) is 3.15. The molecule has 0 spiro atoms. The van der Waals surface area contributed by atoms with Gasteiger partial charge in [-0.15, -0.1) is 0 Å². The van der Waals surface area contributed by atoms with E-state index in [1.165, 1.54) is 23.2 Å². The lowest BCUT2D eigenvalue weighted by molar-refractivity contribution is 0.0995. The van der Waals surface area contributed by atoms with Crippen LogP contribution in [0.15, 0.2) is 30.1 Å². The number of rotatable bonds is 4. The van der Waals surface area contributed by atoms with E-state index in [-0.39, 0.29) is 10.9 Å². The average molecular weight is 291 g/mol. The molecule has 8 heteroatoms. The number of aromatic nitrogens is 4. The van der Waals surface area contributed by atoms with Crippen molar-refractivity contribution in [2.45, 2.75) is 12.1 Å². The third-order valence-electron chi connectivity index (χ3n) is 2.48. The second kappa shape index (κ2) is 5.43. The number of hydrogen-bond donors (Lipinski definition) is 1. The summed E-state index contributed by atoms with van der Waals surface area (Å²) in [6.45, 7) is 5.52. The van der Waals surface area contributed by atoms with Crippen LogP contribution in [-0.4, -0.2) is 36.5 Å². The summed E-state index contributed by atoms with van der Waals surface area (Å²) < 4.78 is 12.9. The van der Waals surface area contributed by atoms with Crippen molar-refractivity contribution in [3.8, 4) is 11.4 Å². The molecule has 1 atom stereocenters. The molecule has 0 aromatic carbocycles. The van der Waals surface area contributed by atoms with Crippen LogP contribution in [0, 0.1) is 0 Å². The molecule has 2 rings (SSSR count). The van der Waals surface area contributed by atoms with E-state index in [9.17, 15) is 9.35 Å². The van der Waals surface area contributed by atoms with Crippen LogP contribution < -0.4 is 5.73 Å². The lowest BCUT2D eigenvalue weighted by Crippen LogP contribution is -2.12. The molecule has 0 aliphatic heterocycles. The molecule has 0 bridgehead atoms. The van der Waals surface area contributed by atoms with Crippen molar-refractivity contribution in [2.75, 3.05) is 6.26 Å². The van der Waals surface area contributed by atoms with Crippen LogP contribution in [0.3, 0.4) is 0 Å². The first-order chi connectivity index (χ1) is 9.40. The number of nitrogens with two attached hydrogens (primary N) is 1. The van der Waals surface area contributed by atoms with E-state index in [0.717, 1.165) is 0 Å². The van der Waals surface area contributed by atoms with Gasteiger partial charge in [0.1, 0.15) is 6.26 Å². The average Bonchev–Trinajstić information content (AvgIpc) is 2.84. The van der Waals surface area contributed by atoms with E-state index < -0.39 is 17.1 Å². The fourth-order valence-corrected chi connectivity index (χ4v) is 2.03. The normalized spacial score (nSPS) is 12.2. The molecule has 0 radical (unpaired) electrons. The maximum atomic E-state index is 11.4. The molecule has 2 aromatic rings. The fraction of sp³-hybridized carbons (Fsp3) is 0.167. The molecule has 0 saturated carbocycles. The van der Waals surface area contributed by atoms with Crippen LogP contribution in [0.25, 0.3) is 17.1 Å². The molecule has 104 valence electrons. The first kappa shape index (κ1) is 14.2. The Hall–Kier alpha value is -2.19. The van der Waals surface area contributed by atoms with Gasteiger partial charge in [0.2, 0.25) is 0 Å². The zero-order chi connectivity index (χ0) is 14.9. The number of allylic oxidation sites excluding steroid dienone is 1. The van der Waals surface area contributed by atoms with Crippen molar-refractivity contribution in [1.82, 2.24) is 19.7 Å². The molecular weight excluding hydrogens is 278 g/mol. The van der Waals surface area contributed by atoms with Crippen LogP contribution in [0.1, 0.15) is 17.4 Å². The maximum absolute atomic E-state index is 11.4. The summed E-state index contributed by atoms with van der Waals surface area (Å²) in [4.78, 5) is 19.3. The summed E-state index contributed by atoms with van der Waals surface area (Å²) in [6.07, 6.45) is 2.99. The van der Waals surface area contributed by atoms with Gasteiger partial charge in [0, 0.05) is 23.1 Å². The molecule has 0 aliphatic carbocycles. The number of amides is 1. The Balaban J connectivity index is 2.59. The predicted octanol–water partition coefficient (Wildman–Crippen LogP) is 0.667. The Bertz CT molecular complexity index is 680. The van der Waals surface area contributed by atoms with Crippen LogP contribution in [0.5, 0.6) is 0 Å². The fourth-order valence-electron chi connectivity index (χ4n) is 1.60. The van der Waals surface area contributed by atoms with Gasteiger partial charge in [-0.25, -0.2) is 4.68 Å². The number of carbonyl (C=O) groups is 1. The minimum atomic E-state index is -1.30. The minimum Gasteiger partial charge on any atom is -0.609 e. The Morgan fingerprint density at radius 3 is 2.80 bits per heavy atom. The Labute approximate surface area is 118 Å². The molecule has 0 fully saturated rings. The lowest BCUT2D eigenvalue weighted by atomic mass is 10.2. The molecule has 2 heterocycles. The first-order valence-corrected chi connectivity index (χ1v) is 7.18. The number of nitrogens with zero attached hydrogens (tertiary/aromatic N) is 4. The lowest BCUT2D eigenvalue weighted by Gasteiger charge is -2.07. The zero-order valence-corrected chi connectivity index (χ0v) is 11.8. The molecular formula is C12H13N5O2S. The van der Waals surface area contributed by atoms with Crippen LogP contribution >= 0.6 is 0 Å². The highest BCUT2D eigenvalue weighted by atomic mass is 32.2. The van der Waals surface area contributed by atoms with Crippen LogP contribution in [0.2, 0.25) is 0 Å². The van der Waals surface area contributed by atoms with Crippen molar-refractivity contribution in [3.63, 3.8) is 0 Å². The Morgan fingerprint density at radius 2 is 2.25 bits per heavy atom. The monoisotopic (exact) mass is 291 g/mol. The van der Waals surface area contributed by atoms with E-state index >= 15 is 0 Å². The summed E-state index contributed by atoms with van der Waals surface area (Å²) in [5.41, 5.74) is 6.98. The molecule has 1 unspecified atom stereocenters. The van der Waals surface area contributed by atoms with Crippen LogP contribution in [-0.2, 0) is 11.2 Å². The summed E-state index contributed by atoms with van der Waals surface area (Å²) in [5.74, 6) is -0.639. The standard InChI is InChI=1S/C12H13N5O2S/c1-7(2)17-10(6-9(16-17)11(13)18)8-4-5-14-12(15-8)20(3)19/h4-6H,1H2,2-3H3,(H2,13,18). The van der Waals surface area contributed by atoms with Gasteiger partial charge >= 0.3 is 5.16 Å². The topological polar surface area (TPSA) is 110 Å². The second-order valence-electron chi connectivity index (χ2n) is 4.10. The van der Waals surface area contributed by atoms with Gasteiger partial charge in [-0.2, -0.15) is 15.1 Å². The van der Waals surface area contributed by atoms with Gasteiger partial charge in [-0.1, -0.05) is 6.58 Å². The third-order valence-corrected chi connectivity index (χ3v) is 3.19. The van der Waals surface area contributed by atoms with E-state index in [1.54, 1.807) is 13.0 Å². The van der Waals surface area contributed by atoms with E-state index in [2.05, 4.69) is 21.6 Å². The molecule has 20 heavy (non-hydrogen) atoms. The summed E-state index contributed by atoms with van der Waals surface area (Å²) >= 11 is -1.30. The quantitative estimate of drug-likeness (QED) is 0.657. The highest BCUT2D eigenvalue weighted by Gasteiger charge is 2.17. The second-order valence-corrected chi connectivity index (χ2v) is 5.38. The van der Waals surface area contributed by atoms with Gasteiger partial charge in [-0.05, 0) is 19.1 Å². The highest BCUT2D eigenvalue weighted by Crippen LogP contribution is 2.21. The van der Waals surface area contributed by atoms with Gasteiger partial charge in [0.25, 0.3) is 5.91 Å². The molecule has 1 amide bonds. The number of primary amides is 1. The minimum absolute atomic E-state index is 0.112. The number of carbonyl (C=O) groups excluding carboxylic acids is 1. The smallest absolute Gasteiger partial charge is 0.343 e. The predicted molar refractivity (Wildman–Crippen MR) is 75.1 cm³/mol. The van der Waals surface area contributed by atoms with E-state index in [1.807, 2.05) is 0 Å². The first-order valence-electron chi connectivity index (χ1n) is 5.62. The largest absolute Gasteiger partial charge is 0.609 e. The molecule has 2 aromatic heterocycles. The Morgan fingerprint density at radius 1 is 1.55 bits per heavy atom. The Kier molecular flexibility index (Phi) is 3.86. The summed E-state index contributed by atoms with van der Waals surface area (Å²) in [7, 11) is 0. The highest BCUT2D eigenvalue weighted by molar-refractivity contribution is 7.90. The SMILES string of the molecule is C=C(C)n1nc(C(N)=O)cc1-c1ccnc([S+](C)[O-])n1. The van der Waals surface area contributed by atoms with Crippen molar-refractivity contribution >= 4 is 22.8 Å². The third kappa shape index (κ3) is 2.70. The van der Waals surface area contributed by atoms with Crippen molar-refractivity contribution in [1.29, 1.82) is 0 Å². The summed E-state index contributed by atoms with van der Waals surface area (Å²) in [5, 5.41) is 4.27. The van der Waals surface area contributed by atoms with Crippen molar-refractivity contribution in [3.05, 3.63) is 30.6 Å². The van der Waals surface area contributed by atoms with Gasteiger partial charge < -0.3 is 10.3 Å². The molecule has 0 saturated heterocycles. The van der Waals surface area contributed by atoms with Gasteiger partial charge in [-0.3, -0.25) is 4.79 Å². The number of hydrogen-bond acceptors (Lipinski definition) is 5. The van der Waals surface area contributed by atoms with E-state index in [0.29, 0.717) is 17.1 Å².